The van der Waals surface area contributed by atoms with Crippen LogP contribution in [-0.4, -0.2) is 5.78 Å². The SMILES string of the molecule is CC(C)(C)CC12CCC(C(=Cc3ccccc3)C1=O)C2(C)C. The van der Waals surface area contributed by atoms with Crippen molar-refractivity contribution in [3.63, 3.8) is 0 Å². The maximum Gasteiger partial charge on any atom is 0.165 e. The number of hydrogen-bond acceptors (Lipinski definition) is 1. The van der Waals surface area contributed by atoms with Crippen LogP contribution in [0.1, 0.15) is 59.4 Å². The zero-order valence-corrected chi connectivity index (χ0v) is 14.6. The van der Waals surface area contributed by atoms with Gasteiger partial charge in [0, 0.05) is 5.41 Å². The van der Waals surface area contributed by atoms with Crippen molar-refractivity contribution in [1.82, 2.24) is 0 Å². The summed E-state index contributed by atoms with van der Waals surface area (Å²) in [5.74, 6) is 0.843. The van der Waals surface area contributed by atoms with Crippen molar-refractivity contribution in [2.24, 2.45) is 22.2 Å². The van der Waals surface area contributed by atoms with E-state index in [4.69, 9.17) is 0 Å². The van der Waals surface area contributed by atoms with Crippen LogP contribution in [0.2, 0.25) is 0 Å². The number of carbonyl (C=O) groups excluding carboxylic acids is 1. The lowest BCUT2D eigenvalue weighted by molar-refractivity contribution is -0.128. The average Bonchev–Trinajstić information content (AvgIpc) is 2.73. The van der Waals surface area contributed by atoms with E-state index in [9.17, 15) is 4.79 Å². The van der Waals surface area contributed by atoms with E-state index in [0.29, 0.717) is 11.7 Å². The Balaban J connectivity index is 2.05. The van der Waals surface area contributed by atoms with Gasteiger partial charge in [-0.05, 0) is 53.2 Å². The van der Waals surface area contributed by atoms with Gasteiger partial charge in [0.15, 0.2) is 5.78 Å². The highest BCUT2D eigenvalue weighted by atomic mass is 16.1. The highest BCUT2D eigenvalue weighted by Gasteiger charge is 2.66. The van der Waals surface area contributed by atoms with Crippen molar-refractivity contribution in [2.45, 2.75) is 53.9 Å². The Morgan fingerprint density at radius 1 is 1.18 bits per heavy atom. The van der Waals surface area contributed by atoms with Gasteiger partial charge in [-0.15, -0.1) is 0 Å². The quantitative estimate of drug-likeness (QED) is 0.657. The zero-order valence-electron chi connectivity index (χ0n) is 14.6. The van der Waals surface area contributed by atoms with Gasteiger partial charge in [0.2, 0.25) is 0 Å². The largest absolute Gasteiger partial charge is 0.294 e. The molecule has 0 aliphatic heterocycles. The van der Waals surface area contributed by atoms with Crippen LogP contribution in [0, 0.1) is 22.2 Å². The van der Waals surface area contributed by atoms with Gasteiger partial charge in [0.1, 0.15) is 0 Å². The minimum atomic E-state index is -0.156. The van der Waals surface area contributed by atoms with Crippen molar-refractivity contribution in [3.8, 4) is 0 Å². The monoisotopic (exact) mass is 296 g/mol. The van der Waals surface area contributed by atoms with E-state index in [2.05, 4.69) is 52.8 Å². The predicted molar refractivity (Wildman–Crippen MR) is 92.4 cm³/mol. The lowest BCUT2D eigenvalue weighted by Crippen LogP contribution is -2.39. The summed E-state index contributed by atoms with van der Waals surface area (Å²) < 4.78 is 0. The molecule has 0 saturated heterocycles. The molecule has 2 unspecified atom stereocenters. The van der Waals surface area contributed by atoms with Crippen LogP contribution in [0.15, 0.2) is 35.9 Å². The molecular formula is C21H28O. The van der Waals surface area contributed by atoms with Gasteiger partial charge in [-0.2, -0.15) is 0 Å². The Kier molecular flexibility index (Phi) is 3.39. The first kappa shape index (κ1) is 15.5. The van der Waals surface area contributed by atoms with E-state index >= 15 is 0 Å². The topological polar surface area (TPSA) is 17.1 Å². The van der Waals surface area contributed by atoms with Crippen molar-refractivity contribution < 1.29 is 4.79 Å². The summed E-state index contributed by atoms with van der Waals surface area (Å²) in [6, 6.07) is 10.3. The van der Waals surface area contributed by atoms with Crippen LogP contribution >= 0.6 is 0 Å². The van der Waals surface area contributed by atoms with E-state index in [0.717, 1.165) is 30.4 Å². The van der Waals surface area contributed by atoms with Crippen molar-refractivity contribution in [3.05, 3.63) is 41.5 Å². The summed E-state index contributed by atoms with van der Waals surface area (Å²) in [5.41, 5.74) is 2.34. The first-order chi connectivity index (χ1) is 10.2. The molecule has 1 aromatic rings. The number of rotatable bonds is 2. The third-order valence-corrected chi connectivity index (χ3v) is 5.99. The molecule has 118 valence electrons. The molecule has 3 rings (SSSR count). The number of benzene rings is 1. The highest BCUT2D eigenvalue weighted by molar-refractivity contribution is 6.08. The second-order valence-electron chi connectivity index (χ2n) is 8.97. The van der Waals surface area contributed by atoms with Crippen LogP contribution < -0.4 is 0 Å². The molecule has 1 heteroatoms. The summed E-state index contributed by atoms with van der Waals surface area (Å²) in [7, 11) is 0. The first-order valence-corrected chi connectivity index (χ1v) is 8.49. The fourth-order valence-electron chi connectivity index (χ4n) is 4.99. The maximum absolute atomic E-state index is 13.3. The minimum absolute atomic E-state index is 0.0813. The molecule has 2 bridgehead atoms. The van der Waals surface area contributed by atoms with Crippen molar-refractivity contribution >= 4 is 11.9 Å². The van der Waals surface area contributed by atoms with Crippen LogP contribution in [0.25, 0.3) is 6.08 Å². The van der Waals surface area contributed by atoms with E-state index < -0.39 is 0 Å². The van der Waals surface area contributed by atoms with Gasteiger partial charge in [-0.25, -0.2) is 0 Å². The normalized spacial score (nSPS) is 32.0. The van der Waals surface area contributed by atoms with Crippen molar-refractivity contribution in [2.75, 3.05) is 0 Å². The van der Waals surface area contributed by atoms with Crippen LogP contribution in [0.3, 0.4) is 0 Å². The molecule has 2 aliphatic carbocycles. The molecule has 2 atom stereocenters. The molecule has 0 spiro atoms. The van der Waals surface area contributed by atoms with E-state index in [1.807, 2.05) is 18.2 Å². The van der Waals surface area contributed by atoms with Gasteiger partial charge in [-0.3, -0.25) is 4.79 Å². The van der Waals surface area contributed by atoms with E-state index in [1.165, 1.54) is 0 Å². The number of fused-ring (bicyclic) bond motifs is 2. The molecular weight excluding hydrogens is 268 g/mol. The minimum Gasteiger partial charge on any atom is -0.294 e. The van der Waals surface area contributed by atoms with Crippen LogP contribution in [0.4, 0.5) is 0 Å². The maximum atomic E-state index is 13.3. The van der Waals surface area contributed by atoms with Crippen LogP contribution in [0.5, 0.6) is 0 Å². The Morgan fingerprint density at radius 2 is 1.82 bits per heavy atom. The summed E-state index contributed by atoms with van der Waals surface area (Å²) in [6.07, 6.45) is 5.37. The molecule has 22 heavy (non-hydrogen) atoms. The molecule has 1 aromatic carbocycles. The smallest absolute Gasteiger partial charge is 0.165 e. The highest BCUT2D eigenvalue weighted by Crippen LogP contribution is 2.69. The molecule has 0 radical (unpaired) electrons. The van der Waals surface area contributed by atoms with Gasteiger partial charge in [0.25, 0.3) is 0 Å². The Morgan fingerprint density at radius 3 is 2.41 bits per heavy atom. The summed E-state index contributed by atoms with van der Waals surface area (Å²) >= 11 is 0. The van der Waals surface area contributed by atoms with Crippen LogP contribution in [-0.2, 0) is 4.79 Å². The number of ketones is 1. The molecule has 2 aliphatic rings. The van der Waals surface area contributed by atoms with E-state index in [1.54, 1.807) is 0 Å². The zero-order chi connectivity index (χ0) is 16.2. The van der Waals surface area contributed by atoms with Gasteiger partial charge in [-0.1, -0.05) is 65.0 Å². The Bertz CT molecular complexity index is 615. The van der Waals surface area contributed by atoms with Gasteiger partial charge < -0.3 is 0 Å². The second-order valence-corrected chi connectivity index (χ2v) is 8.97. The molecule has 2 fully saturated rings. The van der Waals surface area contributed by atoms with E-state index in [-0.39, 0.29) is 16.2 Å². The summed E-state index contributed by atoms with van der Waals surface area (Å²) in [6.45, 7) is 11.4. The Hall–Kier alpha value is -1.37. The van der Waals surface area contributed by atoms with Gasteiger partial charge in [0.05, 0.1) is 0 Å². The third-order valence-electron chi connectivity index (χ3n) is 5.99. The lowest BCUT2D eigenvalue weighted by atomic mass is 9.62. The fraction of sp³-hybridized carbons (Fsp3) is 0.571. The summed E-state index contributed by atoms with van der Waals surface area (Å²) in [5, 5.41) is 0. The lowest BCUT2D eigenvalue weighted by Gasteiger charge is -2.40. The summed E-state index contributed by atoms with van der Waals surface area (Å²) in [4.78, 5) is 13.3. The Labute approximate surface area is 134 Å². The predicted octanol–water partition coefficient (Wildman–Crippen LogP) is 5.51. The number of hydrogen-bond donors (Lipinski definition) is 0. The first-order valence-electron chi connectivity index (χ1n) is 8.49. The number of Topliss-reactive ketones (excluding diaryl/α,β-unsaturated/α-hetero) is 1. The third kappa shape index (κ3) is 2.17. The second kappa shape index (κ2) is 4.81. The van der Waals surface area contributed by atoms with Gasteiger partial charge >= 0.3 is 0 Å². The number of carbonyl (C=O) groups is 1. The molecule has 1 nitrogen and oxygen atoms in total. The average molecular weight is 296 g/mol. The molecule has 0 amide bonds. The molecule has 0 heterocycles. The molecule has 2 saturated carbocycles. The number of allylic oxidation sites excluding steroid dienone is 1. The molecule has 0 N–H and O–H groups in total. The van der Waals surface area contributed by atoms with Crippen molar-refractivity contribution in [1.29, 1.82) is 0 Å². The fourth-order valence-corrected chi connectivity index (χ4v) is 4.99. The molecule has 0 aromatic heterocycles. The standard InChI is InChI=1S/C21H28O/c1-19(2,3)14-21-12-11-17(20(21,4)5)16(18(21)22)13-15-9-7-6-8-10-15/h6-10,13,17H,11-12,14H2,1-5H3.